The lowest BCUT2D eigenvalue weighted by Crippen LogP contribution is -2.56. The monoisotopic (exact) mass is 614 g/mol. The van der Waals surface area contributed by atoms with Crippen molar-refractivity contribution in [1.82, 2.24) is 24.8 Å². The number of fused-ring (bicyclic) bond motifs is 2. The summed E-state index contributed by atoms with van der Waals surface area (Å²) in [5, 5.41) is 2.67. The van der Waals surface area contributed by atoms with Crippen molar-refractivity contribution >= 4 is 39.8 Å². The van der Waals surface area contributed by atoms with Crippen molar-refractivity contribution in [2.45, 2.75) is 44.8 Å². The van der Waals surface area contributed by atoms with Gasteiger partial charge in [0.2, 0.25) is 12.5 Å². The van der Waals surface area contributed by atoms with Crippen LogP contribution in [-0.4, -0.2) is 95.7 Å². The maximum absolute atomic E-state index is 12.6. The molecule has 10 nitrogen and oxygen atoms in total. The number of nitrogens with zero attached hydrogens (tertiary/aromatic N) is 8. The number of halogens is 1. The van der Waals surface area contributed by atoms with Crippen molar-refractivity contribution in [3.05, 3.63) is 70.9 Å². The fourth-order valence-electron chi connectivity index (χ4n) is 6.47. The van der Waals surface area contributed by atoms with Gasteiger partial charge in [0, 0.05) is 61.3 Å². The van der Waals surface area contributed by atoms with Gasteiger partial charge in [-0.15, -0.1) is 0 Å². The van der Waals surface area contributed by atoms with Crippen LogP contribution in [0.5, 0.6) is 6.01 Å². The van der Waals surface area contributed by atoms with Crippen LogP contribution in [-0.2, 0) is 17.8 Å². The molecule has 1 aromatic carbocycles. The number of piperazine rings is 1. The second kappa shape index (κ2) is 13.0. The van der Waals surface area contributed by atoms with Crippen LogP contribution < -0.4 is 14.5 Å². The quantitative estimate of drug-likeness (QED) is 0.244. The molecule has 44 heavy (non-hydrogen) atoms. The van der Waals surface area contributed by atoms with Crippen LogP contribution in [0, 0.1) is 12.5 Å². The molecule has 2 fully saturated rings. The van der Waals surface area contributed by atoms with E-state index in [2.05, 4.69) is 45.1 Å². The predicted octanol–water partition coefficient (Wildman–Crippen LogP) is 4.47. The Labute approximate surface area is 264 Å². The van der Waals surface area contributed by atoms with Gasteiger partial charge in [-0.2, -0.15) is 9.97 Å². The van der Waals surface area contributed by atoms with Crippen LogP contribution in [0.2, 0.25) is 5.02 Å². The van der Waals surface area contributed by atoms with Crippen LogP contribution >= 0.6 is 11.6 Å². The topological polar surface area (TPSA) is 82.3 Å². The summed E-state index contributed by atoms with van der Waals surface area (Å²) >= 11 is 6.68. The van der Waals surface area contributed by atoms with E-state index in [9.17, 15) is 4.79 Å². The number of hydrogen-bond acceptors (Lipinski definition) is 8. The molecule has 6 rings (SSSR count). The second-order valence-corrected chi connectivity index (χ2v) is 12.4. The van der Waals surface area contributed by atoms with E-state index in [0.717, 1.165) is 59.0 Å². The molecular formula is C33H39ClN8O2. The van der Waals surface area contributed by atoms with Crippen molar-refractivity contribution in [3.63, 3.8) is 0 Å². The molecule has 4 heterocycles. The highest BCUT2D eigenvalue weighted by Gasteiger charge is 2.35. The third-order valence-electron chi connectivity index (χ3n) is 9.29. The first-order chi connectivity index (χ1) is 21.4. The maximum Gasteiger partial charge on any atom is 0.318 e. The number of rotatable bonds is 10. The highest BCUT2D eigenvalue weighted by molar-refractivity contribution is 6.36. The second-order valence-electron chi connectivity index (χ2n) is 12.0. The number of pyridine rings is 1. The van der Waals surface area contributed by atoms with Gasteiger partial charge < -0.3 is 29.2 Å². The molecule has 1 amide bonds. The van der Waals surface area contributed by atoms with E-state index in [4.69, 9.17) is 32.9 Å². The standard InChI is InChI=1S/C33H39ClN8O2/c1-5-30(43)42-14-13-41(20-25(42)18-35-3)32-26-11-12-40(29-19-36-17-24-7-6-8-27(34)31(24)29)21-28(26)37-33(38-32)44-16-15-39(4)22(2)23-9-10-23/h5-8,17,19,22-23,25H,1,9-16,18,20-21H2,2,4H3/t22-,25+/m1/s1. The fourth-order valence-corrected chi connectivity index (χ4v) is 6.75. The smallest absolute Gasteiger partial charge is 0.318 e. The zero-order valence-electron chi connectivity index (χ0n) is 25.5. The molecule has 0 unspecified atom stereocenters. The minimum absolute atomic E-state index is 0.144. The number of amides is 1. The lowest BCUT2D eigenvalue weighted by Gasteiger charge is -2.41. The normalized spacial score (nSPS) is 19.1. The van der Waals surface area contributed by atoms with Crippen LogP contribution in [0.3, 0.4) is 0 Å². The molecule has 11 heteroatoms. The van der Waals surface area contributed by atoms with Crippen molar-refractivity contribution in [1.29, 1.82) is 0 Å². The Balaban J connectivity index is 1.30. The van der Waals surface area contributed by atoms with Crippen molar-refractivity contribution in [3.8, 4) is 6.01 Å². The predicted molar refractivity (Wildman–Crippen MR) is 173 cm³/mol. The average Bonchev–Trinajstić information content (AvgIpc) is 3.89. The fraction of sp³-hybridized carbons (Fsp3) is 0.485. The highest BCUT2D eigenvalue weighted by Crippen LogP contribution is 2.37. The molecule has 3 aromatic rings. The number of carbonyl (C=O) groups is 1. The Morgan fingerprint density at radius 2 is 2.09 bits per heavy atom. The zero-order valence-corrected chi connectivity index (χ0v) is 26.2. The highest BCUT2D eigenvalue weighted by atomic mass is 35.5. The van der Waals surface area contributed by atoms with E-state index >= 15 is 0 Å². The largest absolute Gasteiger partial charge is 0.462 e. The minimum Gasteiger partial charge on any atom is -0.462 e. The molecule has 1 saturated heterocycles. The molecule has 230 valence electrons. The first kappa shape index (κ1) is 30.1. The summed E-state index contributed by atoms with van der Waals surface area (Å²) in [6.07, 6.45) is 8.38. The van der Waals surface area contributed by atoms with Crippen LogP contribution in [0.25, 0.3) is 15.6 Å². The van der Waals surface area contributed by atoms with Gasteiger partial charge in [-0.05, 0) is 51.3 Å². The number of benzene rings is 1. The van der Waals surface area contributed by atoms with E-state index in [1.165, 1.54) is 18.9 Å². The number of carbonyl (C=O) groups excluding carboxylic acids is 1. The van der Waals surface area contributed by atoms with E-state index in [0.29, 0.717) is 49.9 Å². The Kier molecular flexibility index (Phi) is 8.87. The Hall–Kier alpha value is -3.94. The molecular weight excluding hydrogens is 576 g/mol. The Morgan fingerprint density at radius 1 is 1.25 bits per heavy atom. The van der Waals surface area contributed by atoms with Gasteiger partial charge in [0.15, 0.2) is 0 Å². The molecule has 0 radical (unpaired) electrons. The zero-order chi connectivity index (χ0) is 30.8. The molecule has 0 bridgehead atoms. The first-order valence-corrected chi connectivity index (χ1v) is 15.8. The first-order valence-electron chi connectivity index (χ1n) is 15.4. The lowest BCUT2D eigenvalue weighted by atomic mass is 10.0. The van der Waals surface area contributed by atoms with E-state index in [-0.39, 0.29) is 18.5 Å². The summed E-state index contributed by atoms with van der Waals surface area (Å²) in [7, 11) is 2.15. The number of anilines is 2. The molecule has 2 aromatic heterocycles. The van der Waals surface area contributed by atoms with Crippen molar-refractivity contribution in [2.24, 2.45) is 5.92 Å². The van der Waals surface area contributed by atoms with Crippen molar-refractivity contribution in [2.75, 3.05) is 62.7 Å². The summed E-state index contributed by atoms with van der Waals surface area (Å²) < 4.78 is 6.24. The number of likely N-dealkylation sites (N-methyl/N-ethyl adjacent to an activating group) is 1. The summed E-state index contributed by atoms with van der Waals surface area (Å²) in [6.45, 7) is 17.9. The third kappa shape index (κ3) is 6.17. The van der Waals surface area contributed by atoms with Crippen molar-refractivity contribution < 1.29 is 9.53 Å². The van der Waals surface area contributed by atoms with Gasteiger partial charge in [0.05, 0.1) is 29.1 Å². The molecule has 0 N–H and O–H groups in total. The Bertz CT molecular complexity index is 1580. The van der Waals surface area contributed by atoms with Gasteiger partial charge in [0.1, 0.15) is 18.5 Å². The van der Waals surface area contributed by atoms with Crippen LogP contribution in [0.4, 0.5) is 11.5 Å². The third-order valence-corrected chi connectivity index (χ3v) is 9.61. The van der Waals surface area contributed by atoms with E-state index in [1.54, 1.807) is 4.90 Å². The molecule has 1 saturated carbocycles. The Morgan fingerprint density at radius 3 is 2.86 bits per heavy atom. The van der Waals surface area contributed by atoms with Crippen LogP contribution in [0.1, 0.15) is 31.0 Å². The minimum atomic E-state index is -0.247. The van der Waals surface area contributed by atoms with Gasteiger partial charge in [-0.25, -0.2) is 6.57 Å². The van der Waals surface area contributed by atoms with E-state index in [1.807, 2.05) is 30.6 Å². The van der Waals surface area contributed by atoms with Crippen LogP contribution in [0.15, 0.2) is 43.2 Å². The molecule has 1 aliphatic carbocycles. The SMILES string of the molecule is [C-]#[N+]C[C@H]1CN(c2nc(OCCN(C)[C@H](C)C3CC3)nc3c2CCN(c2cncc4cccc(Cl)c24)C3)CCN1C(=O)C=C. The molecule has 0 spiro atoms. The number of hydrogen-bond donors (Lipinski definition) is 0. The maximum atomic E-state index is 12.6. The summed E-state index contributed by atoms with van der Waals surface area (Å²) in [5.41, 5.74) is 2.97. The molecule has 2 atom stereocenters. The van der Waals surface area contributed by atoms with Gasteiger partial charge >= 0.3 is 6.01 Å². The van der Waals surface area contributed by atoms with Gasteiger partial charge in [-0.3, -0.25) is 9.78 Å². The number of aromatic nitrogens is 3. The molecule has 3 aliphatic rings. The average molecular weight is 615 g/mol. The number of ether oxygens (including phenoxy) is 1. The lowest BCUT2D eigenvalue weighted by molar-refractivity contribution is -0.128. The summed E-state index contributed by atoms with van der Waals surface area (Å²) in [5.74, 6) is 1.47. The summed E-state index contributed by atoms with van der Waals surface area (Å²) in [6, 6.07) is 6.52. The van der Waals surface area contributed by atoms with Gasteiger partial charge in [0.25, 0.3) is 0 Å². The molecule has 2 aliphatic heterocycles. The van der Waals surface area contributed by atoms with E-state index < -0.39 is 0 Å². The van der Waals surface area contributed by atoms with Gasteiger partial charge in [-0.1, -0.05) is 30.3 Å². The summed E-state index contributed by atoms with van der Waals surface area (Å²) in [4.78, 5) is 39.2.